The number of halogens is 3. The first kappa shape index (κ1) is 33.4. The van der Waals surface area contributed by atoms with Crippen molar-refractivity contribution in [2.45, 2.75) is 46.4 Å². The van der Waals surface area contributed by atoms with E-state index in [2.05, 4.69) is 20.9 Å². The summed E-state index contributed by atoms with van der Waals surface area (Å²) in [6.07, 6.45) is 1.62. The van der Waals surface area contributed by atoms with E-state index in [1.54, 1.807) is 62.4 Å². The summed E-state index contributed by atoms with van der Waals surface area (Å²) < 4.78 is 38.8. The highest BCUT2D eigenvalue weighted by Crippen LogP contribution is 2.37. The highest BCUT2D eigenvalue weighted by molar-refractivity contribution is 9.10. The van der Waals surface area contributed by atoms with Crippen molar-refractivity contribution >= 4 is 50.9 Å². The van der Waals surface area contributed by atoms with E-state index in [0.717, 1.165) is 0 Å². The molecule has 2 heterocycles. The molecule has 0 radical (unpaired) electrons. The molecule has 46 heavy (non-hydrogen) atoms. The largest absolute Gasteiger partial charge is 0.493 e. The third kappa shape index (κ3) is 7.06. The van der Waals surface area contributed by atoms with Crippen LogP contribution in [0.4, 0.5) is 4.39 Å². The fourth-order valence-corrected chi connectivity index (χ4v) is 7.08. The van der Waals surface area contributed by atoms with Gasteiger partial charge in [0.25, 0.3) is 5.56 Å². The van der Waals surface area contributed by atoms with Gasteiger partial charge in [0.2, 0.25) is 0 Å². The van der Waals surface area contributed by atoms with Crippen molar-refractivity contribution in [3.05, 3.63) is 118 Å². The average Bonchev–Trinajstić information content (AvgIpc) is 3.29. The number of carbonyl (C=O) groups is 1. The van der Waals surface area contributed by atoms with Crippen LogP contribution in [-0.2, 0) is 16.1 Å². The van der Waals surface area contributed by atoms with Gasteiger partial charge in [-0.05, 0) is 103 Å². The Morgan fingerprint density at radius 2 is 1.96 bits per heavy atom. The lowest BCUT2D eigenvalue weighted by Gasteiger charge is -2.25. The number of ether oxygens (including phenoxy) is 4. The summed E-state index contributed by atoms with van der Waals surface area (Å²) >= 11 is 11.3. The van der Waals surface area contributed by atoms with Gasteiger partial charge in [0.15, 0.2) is 22.0 Å². The van der Waals surface area contributed by atoms with Crippen molar-refractivity contribution in [3.63, 3.8) is 0 Å². The van der Waals surface area contributed by atoms with E-state index in [0.29, 0.717) is 58.5 Å². The Morgan fingerprint density at radius 3 is 2.63 bits per heavy atom. The molecule has 1 aliphatic rings. The maximum absolute atomic E-state index is 14.1. The Morgan fingerprint density at radius 1 is 1.17 bits per heavy atom. The van der Waals surface area contributed by atoms with Crippen LogP contribution in [0.15, 0.2) is 80.1 Å². The molecular formula is C34H31BrClFN2O6S. The lowest BCUT2D eigenvalue weighted by molar-refractivity contribution is -0.139. The molecule has 0 saturated carbocycles. The average molecular weight is 730 g/mol. The van der Waals surface area contributed by atoms with Crippen molar-refractivity contribution in [2.24, 2.45) is 4.99 Å². The van der Waals surface area contributed by atoms with Gasteiger partial charge in [-0.1, -0.05) is 41.1 Å². The van der Waals surface area contributed by atoms with E-state index < -0.39 is 12.0 Å². The Bertz CT molecular complexity index is 2000. The van der Waals surface area contributed by atoms with Crippen LogP contribution in [0.2, 0.25) is 5.02 Å². The third-order valence-electron chi connectivity index (χ3n) is 6.97. The quantitative estimate of drug-likeness (QED) is 0.168. The predicted molar refractivity (Wildman–Crippen MR) is 179 cm³/mol. The fraction of sp³-hybridized carbons (Fsp3) is 0.265. The van der Waals surface area contributed by atoms with Crippen molar-refractivity contribution in [1.29, 1.82) is 0 Å². The molecule has 1 atom stereocenters. The number of hydrogen-bond donors (Lipinski definition) is 0. The Balaban J connectivity index is 1.58. The molecule has 1 aromatic heterocycles. The highest BCUT2D eigenvalue weighted by Gasteiger charge is 2.34. The number of esters is 1. The Hall–Kier alpha value is -3.93. The number of nitrogens with zero attached hydrogens (tertiary/aromatic N) is 2. The molecule has 0 aliphatic carbocycles. The molecule has 0 bridgehead atoms. The second kappa shape index (κ2) is 14.2. The van der Waals surface area contributed by atoms with Crippen LogP contribution in [0.5, 0.6) is 17.2 Å². The topological polar surface area (TPSA) is 88.4 Å². The zero-order valence-corrected chi connectivity index (χ0v) is 28.9. The number of thiazole rings is 1. The summed E-state index contributed by atoms with van der Waals surface area (Å²) in [6.45, 7) is 7.55. The van der Waals surface area contributed by atoms with E-state index in [9.17, 15) is 14.0 Å². The SMILES string of the molecule is CCOC(=O)C1=C(C)N=c2s/c(=C\c3cc(Cl)c(OCc4cccc(F)c4)c(Br)c3)c(=O)n2[C@H]1c1ccc(OC(C)C)c(OC)c1. The summed E-state index contributed by atoms with van der Waals surface area (Å²) in [5.74, 6) is 0.474. The molecule has 0 unspecified atom stereocenters. The standard InChI is InChI=1S/C34H31BrClFN2O6S/c1-6-43-33(41)29-19(4)38-34-39(30(29)22-10-11-26(45-18(2)3)27(16-22)42-5)32(40)28(46-34)15-21-13-24(35)31(25(36)14-21)44-17-20-8-7-9-23(37)12-20/h7-16,18,30H,6,17H2,1-5H3/b28-15-/t30-/m0/s1. The molecule has 0 spiro atoms. The van der Waals surface area contributed by atoms with Gasteiger partial charge in [0.1, 0.15) is 12.4 Å². The normalized spacial score (nSPS) is 14.6. The molecule has 4 aromatic rings. The second-order valence-corrected chi connectivity index (χ2v) is 12.9. The Kier molecular flexibility index (Phi) is 10.3. The second-order valence-electron chi connectivity index (χ2n) is 10.6. The third-order valence-corrected chi connectivity index (χ3v) is 8.83. The van der Waals surface area contributed by atoms with Crippen molar-refractivity contribution in [2.75, 3.05) is 13.7 Å². The van der Waals surface area contributed by atoms with Gasteiger partial charge >= 0.3 is 5.97 Å². The van der Waals surface area contributed by atoms with E-state index >= 15 is 0 Å². The summed E-state index contributed by atoms with van der Waals surface area (Å²) in [6, 6.07) is 14.1. The first-order chi connectivity index (χ1) is 22.0. The molecule has 0 fully saturated rings. The molecule has 12 heteroatoms. The summed E-state index contributed by atoms with van der Waals surface area (Å²) in [7, 11) is 1.53. The first-order valence-corrected chi connectivity index (χ1v) is 16.4. The zero-order valence-electron chi connectivity index (χ0n) is 25.7. The van der Waals surface area contributed by atoms with Gasteiger partial charge in [-0.2, -0.15) is 0 Å². The number of methoxy groups -OCH3 is 1. The molecule has 5 rings (SSSR count). The number of allylic oxidation sites excluding steroid dienone is 1. The molecule has 3 aromatic carbocycles. The van der Waals surface area contributed by atoms with Gasteiger partial charge in [0, 0.05) is 0 Å². The minimum absolute atomic E-state index is 0.0859. The minimum atomic E-state index is -0.826. The maximum Gasteiger partial charge on any atom is 0.338 e. The van der Waals surface area contributed by atoms with Crippen LogP contribution in [0, 0.1) is 5.82 Å². The maximum atomic E-state index is 14.1. The first-order valence-electron chi connectivity index (χ1n) is 14.4. The van der Waals surface area contributed by atoms with E-state index in [1.807, 2.05) is 13.8 Å². The number of hydrogen-bond acceptors (Lipinski definition) is 8. The summed E-state index contributed by atoms with van der Waals surface area (Å²) in [5, 5.41) is 0.305. The van der Waals surface area contributed by atoms with Gasteiger partial charge < -0.3 is 18.9 Å². The molecule has 0 N–H and O–H groups in total. The molecule has 8 nitrogen and oxygen atoms in total. The lowest BCUT2D eigenvalue weighted by atomic mass is 9.95. The Labute approximate surface area is 282 Å². The van der Waals surface area contributed by atoms with Crippen molar-refractivity contribution < 1.29 is 28.1 Å². The number of aromatic nitrogens is 1. The summed E-state index contributed by atoms with van der Waals surface area (Å²) in [4.78, 5) is 32.4. The molecule has 1 aliphatic heterocycles. The van der Waals surface area contributed by atoms with Crippen LogP contribution in [0.3, 0.4) is 0 Å². The molecule has 240 valence electrons. The van der Waals surface area contributed by atoms with Crippen molar-refractivity contribution in [3.8, 4) is 17.2 Å². The van der Waals surface area contributed by atoms with Gasteiger partial charge in [0.05, 0.1) is 51.2 Å². The molecule has 0 saturated heterocycles. The highest BCUT2D eigenvalue weighted by atomic mass is 79.9. The van der Waals surface area contributed by atoms with E-state index in [1.165, 1.54) is 35.1 Å². The monoisotopic (exact) mass is 728 g/mol. The summed E-state index contributed by atoms with van der Waals surface area (Å²) in [5.41, 5.74) is 2.27. The van der Waals surface area contributed by atoms with Crippen LogP contribution in [-0.4, -0.2) is 30.4 Å². The van der Waals surface area contributed by atoms with Crippen LogP contribution in [0.25, 0.3) is 6.08 Å². The number of fused-ring (bicyclic) bond motifs is 1. The number of carbonyl (C=O) groups excluding carboxylic acids is 1. The number of benzene rings is 3. The smallest absolute Gasteiger partial charge is 0.338 e. The van der Waals surface area contributed by atoms with E-state index in [4.69, 9.17) is 30.5 Å². The fourth-order valence-electron chi connectivity index (χ4n) is 5.05. The predicted octanol–water partition coefficient (Wildman–Crippen LogP) is 6.73. The van der Waals surface area contributed by atoms with Crippen LogP contribution < -0.4 is 29.1 Å². The van der Waals surface area contributed by atoms with E-state index in [-0.39, 0.29) is 36.3 Å². The van der Waals surface area contributed by atoms with Crippen LogP contribution in [0.1, 0.15) is 50.4 Å². The van der Waals surface area contributed by atoms with Gasteiger partial charge in [-0.3, -0.25) is 9.36 Å². The number of rotatable bonds is 10. The zero-order chi connectivity index (χ0) is 33.1. The van der Waals surface area contributed by atoms with Gasteiger partial charge in [-0.25, -0.2) is 14.2 Å². The molecule has 0 amide bonds. The van der Waals surface area contributed by atoms with Crippen molar-refractivity contribution in [1.82, 2.24) is 4.57 Å². The van der Waals surface area contributed by atoms with Crippen LogP contribution >= 0.6 is 38.9 Å². The molecular weight excluding hydrogens is 699 g/mol. The lowest BCUT2D eigenvalue weighted by Crippen LogP contribution is -2.40. The minimum Gasteiger partial charge on any atom is -0.493 e. The van der Waals surface area contributed by atoms with Gasteiger partial charge in [-0.15, -0.1) is 0 Å².